The molecule has 1 aromatic heterocycles. The molecule has 0 spiro atoms. The number of carbonyl (C=O) groups is 2. The summed E-state index contributed by atoms with van der Waals surface area (Å²) in [6.45, 7) is 0.239. The summed E-state index contributed by atoms with van der Waals surface area (Å²) in [4.78, 5) is 26.7. The van der Waals surface area contributed by atoms with Gasteiger partial charge < -0.3 is 9.84 Å². The van der Waals surface area contributed by atoms with Crippen molar-refractivity contribution in [3.05, 3.63) is 29.1 Å². The van der Waals surface area contributed by atoms with Crippen LogP contribution in [0.5, 0.6) is 0 Å². The summed E-state index contributed by atoms with van der Waals surface area (Å²) in [5.74, 6) is -1.77. The van der Waals surface area contributed by atoms with Crippen LogP contribution in [0, 0.1) is 0 Å². The average Bonchev–Trinajstić information content (AvgIpc) is 2.28. The molecule has 7 heteroatoms. The van der Waals surface area contributed by atoms with Crippen LogP contribution in [0.1, 0.15) is 26.4 Å². The fourth-order valence-corrected chi connectivity index (χ4v) is 1.35. The predicted molar refractivity (Wildman–Crippen MR) is 63.1 cm³/mol. The Labute approximate surface area is 104 Å². The number of carboxylic acids is 1. The van der Waals surface area contributed by atoms with Crippen molar-refractivity contribution in [2.75, 3.05) is 21.2 Å². The van der Waals surface area contributed by atoms with Gasteiger partial charge in [0.25, 0.3) is 5.91 Å². The standard InChI is InChI=1S/C11H15N3O4/c1-14(2)13-10(15)9-8(11(16)17)4-7(5-12-9)6-18-3/h4-5H,6H2,1-3H3,(H,13,15)(H,16,17). The molecule has 1 aromatic rings. The first-order valence-corrected chi connectivity index (χ1v) is 5.15. The van der Waals surface area contributed by atoms with Crippen molar-refractivity contribution < 1.29 is 19.4 Å². The van der Waals surface area contributed by atoms with Gasteiger partial charge in [0.05, 0.1) is 12.2 Å². The SMILES string of the molecule is COCc1cnc(C(=O)NN(C)C)c(C(=O)O)c1. The number of nitrogens with zero attached hydrogens (tertiary/aromatic N) is 2. The summed E-state index contributed by atoms with van der Waals surface area (Å²) in [7, 11) is 4.74. The minimum Gasteiger partial charge on any atom is -0.478 e. The Morgan fingerprint density at radius 2 is 2.17 bits per heavy atom. The predicted octanol–water partition coefficient (Wildman–Crippen LogP) is 0.133. The van der Waals surface area contributed by atoms with Gasteiger partial charge in [-0.1, -0.05) is 0 Å². The maximum Gasteiger partial charge on any atom is 0.338 e. The molecule has 0 saturated heterocycles. The van der Waals surface area contributed by atoms with Crippen molar-refractivity contribution in [3.8, 4) is 0 Å². The van der Waals surface area contributed by atoms with E-state index in [1.54, 1.807) is 14.1 Å². The molecule has 0 aliphatic rings. The molecule has 98 valence electrons. The summed E-state index contributed by atoms with van der Waals surface area (Å²) in [6.07, 6.45) is 1.42. The van der Waals surface area contributed by atoms with Gasteiger partial charge in [-0.3, -0.25) is 10.2 Å². The van der Waals surface area contributed by atoms with Gasteiger partial charge in [-0.25, -0.2) is 14.8 Å². The molecule has 0 atom stereocenters. The Morgan fingerprint density at radius 1 is 1.50 bits per heavy atom. The number of carbonyl (C=O) groups excluding carboxylic acids is 1. The van der Waals surface area contributed by atoms with Crippen LogP contribution < -0.4 is 5.43 Å². The van der Waals surface area contributed by atoms with Crippen molar-refractivity contribution in [1.29, 1.82) is 0 Å². The lowest BCUT2D eigenvalue weighted by Crippen LogP contribution is -2.37. The highest BCUT2D eigenvalue weighted by molar-refractivity contribution is 6.03. The second-order valence-electron chi connectivity index (χ2n) is 3.81. The van der Waals surface area contributed by atoms with Gasteiger partial charge in [-0.05, 0) is 11.6 Å². The van der Waals surface area contributed by atoms with E-state index in [-0.39, 0.29) is 17.9 Å². The van der Waals surface area contributed by atoms with Crippen LogP contribution in [-0.4, -0.2) is 48.2 Å². The lowest BCUT2D eigenvalue weighted by molar-refractivity contribution is 0.0685. The summed E-state index contributed by atoms with van der Waals surface area (Å²) in [5.41, 5.74) is 2.76. The van der Waals surface area contributed by atoms with E-state index in [0.29, 0.717) is 5.56 Å². The summed E-state index contributed by atoms with van der Waals surface area (Å²) in [6, 6.07) is 1.38. The van der Waals surface area contributed by atoms with E-state index in [0.717, 1.165) is 0 Å². The molecule has 0 radical (unpaired) electrons. The molecule has 18 heavy (non-hydrogen) atoms. The maximum atomic E-state index is 11.7. The molecular weight excluding hydrogens is 238 g/mol. The number of nitrogens with one attached hydrogen (secondary N) is 1. The van der Waals surface area contributed by atoms with E-state index in [1.807, 2.05) is 0 Å². The zero-order chi connectivity index (χ0) is 13.7. The quantitative estimate of drug-likeness (QED) is 0.725. The normalized spacial score (nSPS) is 10.4. The Hall–Kier alpha value is -1.99. The molecule has 2 N–H and O–H groups in total. The molecule has 0 aliphatic carbocycles. The lowest BCUT2D eigenvalue weighted by Gasteiger charge is -2.13. The number of aromatic nitrogens is 1. The Balaban J connectivity index is 3.11. The number of ether oxygens (including phenoxy) is 1. The van der Waals surface area contributed by atoms with Crippen molar-refractivity contribution in [3.63, 3.8) is 0 Å². The van der Waals surface area contributed by atoms with Crippen LogP contribution in [0.3, 0.4) is 0 Å². The zero-order valence-electron chi connectivity index (χ0n) is 10.4. The lowest BCUT2D eigenvalue weighted by atomic mass is 10.1. The van der Waals surface area contributed by atoms with Gasteiger partial charge >= 0.3 is 5.97 Å². The minimum absolute atomic E-state index is 0.129. The van der Waals surface area contributed by atoms with Crippen LogP contribution >= 0.6 is 0 Å². The third-order valence-electron chi connectivity index (χ3n) is 2.03. The summed E-state index contributed by atoms with van der Waals surface area (Å²) >= 11 is 0. The van der Waals surface area contributed by atoms with Gasteiger partial charge in [0.2, 0.25) is 0 Å². The molecule has 0 aliphatic heterocycles. The highest BCUT2D eigenvalue weighted by Crippen LogP contribution is 2.10. The van der Waals surface area contributed by atoms with Crippen molar-refractivity contribution in [2.45, 2.75) is 6.61 Å². The zero-order valence-corrected chi connectivity index (χ0v) is 10.4. The number of carboxylic acid groups (broad SMARTS) is 1. The summed E-state index contributed by atoms with van der Waals surface area (Å²) in [5, 5.41) is 10.5. The van der Waals surface area contributed by atoms with Gasteiger partial charge in [0.1, 0.15) is 5.69 Å². The number of hydrogen-bond acceptors (Lipinski definition) is 5. The fourth-order valence-electron chi connectivity index (χ4n) is 1.35. The molecule has 1 heterocycles. The number of aromatic carboxylic acids is 1. The highest BCUT2D eigenvalue weighted by atomic mass is 16.5. The summed E-state index contributed by atoms with van der Waals surface area (Å²) < 4.78 is 4.89. The Kier molecular flexibility index (Phi) is 4.75. The number of methoxy groups -OCH3 is 1. The second kappa shape index (κ2) is 6.08. The van der Waals surface area contributed by atoms with E-state index < -0.39 is 11.9 Å². The van der Waals surface area contributed by atoms with Gasteiger partial charge in [0.15, 0.2) is 0 Å². The van der Waals surface area contributed by atoms with Crippen LogP contribution in [0.4, 0.5) is 0 Å². The first-order chi connectivity index (χ1) is 8.45. The van der Waals surface area contributed by atoms with Crippen LogP contribution in [0.2, 0.25) is 0 Å². The highest BCUT2D eigenvalue weighted by Gasteiger charge is 2.19. The fraction of sp³-hybridized carbons (Fsp3) is 0.364. The number of hydrogen-bond donors (Lipinski definition) is 2. The van der Waals surface area contributed by atoms with Crippen molar-refractivity contribution >= 4 is 11.9 Å². The largest absolute Gasteiger partial charge is 0.478 e. The van der Waals surface area contributed by atoms with Gasteiger partial charge in [-0.2, -0.15) is 0 Å². The smallest absolute Gasteiger partial charge is 0.338 e. The second-order valence-corrected chi connectivity index (χ2v) is 3.81. The van der Waals surface area contributed by atoms with Gasteiger partial charge in [-0.15, -0.1) is 0 Å². The molecule has 0 fully saturated rings. The Morgan fingerprint density at radius 3 is 2.67 bits per heavy atom. The van der Waals surface area contributed by atoms with E-state index in [9.17, 15) is 9.59 Å². The molecule has 0 unspecified atom stereocenters. The number of pyridine rings is 1. The minimum atomic E-state index is -1.20. The molecule has 0 saturated carbocycles. The average molecular weight is 253 g/mol. The molecule has 0 bridgehead atoms. The van der Waals surface area contributed by atoms with E-state index in [1.165, 1.54) is 24.4 Å². The van der Waals surface area contributed by atoms with Gasteiger partial charge in [0, 0.05) is 27.4 Å². The van der Waals surface area contributed by atoms with Crippen LogP contribution in [-0.2, 0) is 11.3 Å². The van der Waals surface area contributed by atoms with E-state index in [4.69, 9.17) is 9.84 Å². The van der Waals surface area contributed by atoms with Crippen molar-refractivity contribution in [2.24, 2.45) is 0 Å². The monoisotopic (exact) mass is 253 g/mol. The molecular formula is C11H15N3O4. The third kappa shape index (κ3) is 3.51. The Bertz CT molecular complexity index is 460. The number of hydrazine groups is 1. The van der Waals surface area contributed by atoms with Crippen LogP contribution in [0.25, 0.3) is 0 Å². The molecule has 0 aromatic carbocycles. The first kappa shape index (κ1) is 14.1. The molecule has 7 nitrogen and oxygen atoms in total. The van der Waals surface area contributed by atoms with Crippen LogP contribution in [0.15, 0.2) is 12.3 Å². The van der Waals surface area contributed by atoms with Crippen molar-refractivity contribution in [1.82, 2.24) is 15.4 Å². The topological polar surface area (TPSA) is 91.8 Å². The number of rotatable bonds is 5. The van der Waals surface area contributed by atoms with E-state index in [2.05, 4.69) is 10.4 Å². The van der Waals surface area contributed by atoms with E-state index >= 15 is 0 Å². The maximum absolute atomic E-state index is 11.7. The third-order valence-corrected chi connectivity index (χ3v) is 2.03. The molecule has 1 amide bonds. The molecule has 1 rings (SSSR count). The first-order valence-electron chi connectivity index (χ1n) is 5.15. The number of amides is 1.